The quantitative estimate of drug-likeness (QED) is 0.509. The minimum Gasteiger partial charge on any atom is -0.457 e. The number of benzene rings is 2. The van der Waals surface area contributed by atoms with Gasteiger partial charge in [-0.3, -0.25) is 9.59 Å². The van der Waals surface area contributed by atoms with Gasteiger partial charge in [-0.2, -0.15) is 0 Å². The second-order valence-electron chi connectivity index (χ2n) is 7.27. The van der Waals surface area contributed by atoms with Gasteiger partial charge >= 0.3 is 5.97 Å². The Kier molecular flexibility index (Phi) is 5.82. The lowest BCUT2D eigenvalue weighted by atomic mass is 9.83. The molecule has 2 aromatic rings. The van der Waals surface area contributed by atoms with E-state index in [0.29, 0.717) is 15.6 Å². The van der Waals surface area contributed by atoms with Gasteiger partial charge < -0.3 is 9.64 Å². The Morgan fingerprint density at radius 3 is 2.54 bits per heavy atom. The highest BCUT2D eigenvalue weighted by Crippen LogP contribution is 2.46. The predicted molar refractivity (Wildman–Crippen MR) is 112 cm³/mol. The number of carbonyl (C=O) groups is 2. The van der Waals surface area contributed by atoms with Crippen LogP contribution in [0.2, 0.25) is 10.0 Å². The second kappa shape index (κ2) is 7.98. The molecule has 4 nitrogen and oxygen atoms in total. The first-order valence-electron chi connectivity index (χ1n) is 8.88. The van der Waals surface area contributed by atoms with E-state index in [-0.39, 0.29) is 24.2 Å². The fourth-order valence-electron chi connectivity index (χ4n) is 3.48. The van der Waals surface area contributed by atoms with E-state index in [1.165, 1.54) is 0 Å². The number of halogens is 2. The molecule has 0 aromatic heterocycles. The Morgan fingerprint density at radius 1 is 1.14 bits per heavy atom. The summed E-state index contributed by atoms with van der Waals surface area (Å²) in [6.45, 7) is 3.83. The topological polar surface area (TPSA) is 46.6 Å². The fraction of sp³-hybridized carbons (Fsp3) is 0.273. The molecule has 0 atom stereocenters. The van der Waals surface area contributed by atoms with E-state index < -0.39 is 5.97 Å². The van der Waals surface area contributed by atoms with Gasteiger partial charge in [0.2, 0.25) is 0 Å². The van der Waals surface area contributed by atoms with Crippen LogP contribution in [0.1, 0.15) is 25.0 Å². The van der Waals surface area contributed by atoms with Gasteiger partial charge in [-0.1, -0.05) is 61.3 Å². The summed E-state index contributed by atoms with van der Waals surface area (Å²) < 4.78 is 5.14. The number of carbonyl (C=O) groups excluding carboxylic acids is 2. The third kappa shape index (κ3) is 4.08. The molecule has 0 bridgehead atoms. The van der Waals surface area contributed by atoms with Crippen molar-refractivity contribution in [1.82, 2.24) is 0 Å². The summed E-state index contributed by atoms with van der Waals surface area (Å²) in [4.78, 5) is 26.5. The Labute approximate surface area is 174 Å². The number of likely N-dealkylation sites (N-methyl/N-ethyl adjacent to an activating group) is 1. The summed E-state index contributed by atoms with van der Waals surface area (Å²) in [6, 6.07) is 12.9. The number of fused-ring (bicyclic) bond motifs is 1. The average Bonchev–Trinajstić information content (AvgIpc) is 2.84. The number of rotatable bonds is 5. The number of ketones is 1. The summed E-state index contributed by atoms with van der Waals surface area (Å²) in [5, 5.41) is 0.887. The van der Waals surface area contributed by atoms with E-state index in [0.717, 1.165) is 16.9 Å². The van der Waals surface area contributed by atoms with Crippen molar-refractivity contribution >= 4 is 40.6 Å². The maximum absolute atomic E-state index is 12.4. The molecule has 0 radical (unpaired) electrons. The van der Waals surface area contributed by atoms with Crippen LogP contribution in [0, 0.1) is 0 Å². The van der Waals surface area contributed by atoms with Gasteiger partial charge in [-0.15, -0.1) is 0 Å². The molecule has 1 heterocycles. The molecule has 6 heteroatoms. The van der Waals surface area contributed by atoms with Crippen LogP contribution < -0.4 is 4.90 Å². The largest absolute Gasteiger partial charge is 0.457 e. The van der Waals surface area contributed by atoms with E-state index in [1.807, 2.05) is 30.1 Å². The zero-order valence-corrected chi connectivity index (χ0v) is 17.5. The Balaban J connectivity index is 1.65. The minimum absolute atomic E-state index is 0.0172. The number of ether oxygens (including phenoxy) is 1. The zero-order valence-electron chi connectivity index (χ0n) is 16.0. The van der Waals surface area contributed by atoms with Gasteiger partial charge in [-0.25, -0.2) is 0 Å². The van der Waals surface area contributed by atoms with Crippen molar-refractivity contribution in [2.75, 3.05) is 18.6 Å². The van der Waals surface area contributed by atoms with Crippen molar-refractivity contribution in [3.05, 3.63) is 75.4 Å². The van der Waals surface area contributed by atoms with Crippen molar-refractivity contribution in [3.63, 3.8) is 0 Å². The molecular formula is C22H21Cl2NO3. The highest BCUT2D eigenvalue weighted by molar-refractivity contribution is 6.35. The fourth-order valence-corrected chi connectivity index (χ4v) is 3.95. The van der Waals surface area contributed by atoms with Crippen LogP contribution in [-0.2, 0) is 26.2 Å². The SMILES string of the molecule is CN1/C(=C/C(=O)COC(=O)Cc2ccc(Cl)cc2Cl)C(C)(C)c2ccccc21. The minimum atomic E-state index is -0.515. The molecule has 28 heavy (non-hydrogen) atoms. The van der Waals surface area contributed by atoms with Crippen molar-refractivity contribution in [3.8, 4) is 0 Å². The Hall–Kier alpha value is -2.30. The first-order valence-corrected chi connectivity index (χ1v) is 9.63. The number of hydrogen-bond acceptors (Lipinski definition) is 4. The van der Waals surface area contributed by atoms with Gasteiger partial charge in [0, 0.05) is 40.0 Å². The van der Waals surface area contributed by atoms with Crippen LogP contribution in [0.3, 0.4) is 0 Å². The molecule has 0 fully saturated rings. The number of esters is 1. The van der Waals surface area contributed by atoms with Crippen LogP contribution >= 0.6 is 23.2 Å². The highest BCUT2D eigenvalue weighted by atomic mass is 35.5. The van der Waals surface area contributed by atoms with Crippen molar-refractivity contribution in [1.29, 1.82) is 0 Å². The molecule has 1 aliphatic heterocycles. The van der Waals surface area contributed by atoms with E-state index in [4.69, 9.17) is 27.9 Å². The first kappa shape index (κ1) is 20.4. The van der Waals surface area contributed by atoms with E-state index >= 15 is 0 Å². The van der Waals surface area contributed by atoms with E-state index in [1.54, 1.807) is 24.3 Å². The third-order valence-electron chi connectivity index (χ3n) is 4.96. The lowest BCUT2D eigenvalue weighted by Gasteiger charge is -2.23. The lowest BCUT2D eigenvalue weighted by Crippen LogP contribution is -2.25. The van der Waals surface area contributed by atoms with Crippen LogP contribution in [-0.4, -0.2) is 25.4 Å². The summed E-state index contributed by atoms with van der Waals surface area (Å²) >= 11 is 11.9. The van der Waals surface area contributed by atoms with Crippen LogP contribution in [0.5, 0.6) is 0 Å². The van der Waals surface area contributed by atoms with Gasteiger partial charge in [-0.05, 0) is 29.3 Å². The normalized spacial score (nSPS) is 16.2. The smallest absolute Gasteiger partial charge is 0.310 e. The van der Waals surface area contributed by atoms with E-state index in [2.05, 4.69) is 19.9 Å². The number of para-hydroxylation sites is 1. The number of hydrogen-bond donors (Lipinski definition) is 0. The summed E-state index contributed by atoms with van der Waals surface area (Å²) in [5.41, 5.74) is 3.40. The van der Waals surface area contributed by atoms with Crippen LogP contribution in [0.15, 0.2) is 54.2 Å². The molecule has 0 N–H and O–H groups in total. The number of allylic oxidation sites excluding steroid dienone is 1. The standard InChI is InChI=1S/C22H21Cl2NO3/c1-22(2)17-6-4-5-7-19(17)25(3)20(22)12-16(26)13-28-21(27)10-14-8-9-15(23)11-18(14)24/h4-9,11-12H,10,13H2,1-3H3/b20-12+. The Bertz CT molecular complexity index is 966. The van der Waals surface area contributed by atoms with Gasteiger partial charge in [0.1, 0.15) is 0 Å². The molecule has 1 aliphatic rings. The molecule has 146 valence electrons. The van der Waals surface area contributed by atoms with Crippen molar-refractivity contribution < 1.29 is 14.3 Å². The van der Waals surface area contributed by atoms with Crippen LogP contribution in [0.4, 0.5) is 5.69 Å². The molecule has 0 spiro atoms. The second-order valence-corrected chi connectivity index (χ2v) is 8.11. The number of anilines is 1. The zero-order chi connectivity index (χ0) is 20.5. The average molecular weight is 418 g/mol. The first-order chi connectivity index (χ1) is 13.2. The summed E-state index contributed by atoms with van der Waals surface area (Å²) in [7, 11) is 1.93. The molecule has 0 unspecified atom stereocenters. The van der Waals surface area contributed by atoms with Gasteiger partial charge in [0.25, 0.3) is 0 Å². The molecule has 0 saturated carbocycles. The Morgan fingerprint density at radius 2 is 1.86 bits per heavy atom. The van der Waals surface area contributed by atoms with Crippen molar-refractivity contribution in [2.45, 2.75) is 25.7 Å². The molecule has 3 rings (SSSR count). The molecule has 0 saturated heterocycles. The maximum atomic E-state index is 12.4. The monoisotopic (exact) mass is 417 g/mol. The van der Waals surface area contributed by atoms with Gasteiger partial charge in [0.15, 0.2) is 12.4 Å². The van der Waals surface area contributed by atoms with Gasteiger partial charge in [0.05, 0.1) is 6.42 Å². The molecule has 0 amide bonds. The van der Waals surface area contributed by atoms with E-state index in [9.17, 15) is 9.59 Å². The van der Waals surface area contributed by atoms with Crippen LogP contribution in [0.25, 0.3) is 0 Å². The number of nitrogens with zero attached hydrogens (tertiary/aromatic N) is 1. The highest BCUT2D eigenvalue weighted by Gasteiger charge is 2.38. The molecular weight excluding hydrogens is 397 g/mol. The maximum Gasteiger partial charge on any atom is 0.310 e. The van der Waals surface area contributed by atoms with Crippen molar-refractivity contribution in [2.24, 2.45) is 0 Å². The molecule has 2 aromatic carbocycles. The molecule has 0 aliphatic carbocycles. The summed E-state index contributed by atoms with van der Waals surface area (Å²) in [5.74, 6) is -0.781. The predicted octanol–water partition coefficient (Wildman–Crippen LogP) is 4.96. The third-order valence-corrected chi connectivity index (χ3v) is 5.55. The lowest BCUT2D eigenvalue weighted by molar-refractivity contribution is -0.146. The summed E-state index contributed by atoms with van der Waals surface area (Å²) in [6.07, 6.45) is 1.54.